The molecule has 0 bridgehead atoms. The molecular formula is C11H9ClFN5O2. The second-order valence-electron chi connectivity index (χ2n) is 3.68. The molecule has 2 N–H and O–H groups in total. The van der Waals surface area contributed by atoms with E-state index in [-0.39, 0.29) is 23.1 Å². The molecule has 1 heterocycles. The monoisotopic (exact) mass is 297 g/mol. The molecule has 0 aliphatic rings. The summed E-state index contributed by atoms with van der Waals surface area (Å²) in [4.78, 5) is 17.9. The van der Waals surface area contributed by atoms with Crippen LogP contribution in [0.2, 0.25) is 5.02 Å². The maximum absolute atomic E-state index is 13.6. The van der Waals surface area contributed by atoms with Crippen LogP contribution in [0, 0.1) is 15.9 Å². The van der Waals surface area contributed by atoms with Crippen molar-refractivity contribution in [2.75, 3.05) is 17.7 Å². The van der Waals surface area contributed by atoms with E-state index in [2.05, 4.69) is 20.6 Å². The molecule has 20 heavy (non-hydrogen) atoms. The number of nitrogens with zero attached hydrogens (tertiary/aromatic N) is 3. The Labute approximate surface area is 118 Å². The summed E-state index contributed by atoms with van der Waals surface area (Å²) in [6.45, 7) is 0. The number of halogens is 2. The molecule has 0 radical (unpaired) electrons. The van der Waals surface area contributed by atoms with Gasteiger partial charge < -0.3 is 10.6 Å². The van der Waals surface area contributed by atoms with Crippen molar-refractivity contribution in [3.8, 4) is 0 Å². The topological polar surface area (TPSA) is 93.0 Å². The minimum absolute atomic E-state index is 0.0126. The van der Waals surface area contributed by atoms with Gasteiger partial charge in [0.25, 0.3) is 0 Å². The first kappa shape index (κ1) is 13.9. The fourth-order valence-electron chi connectivity index (χ4n) is 1.44. The number of nitrogens with one attached hydrogen (secondary N) is 2. The first-order chi connectivity index (χ1) is 9.51. The zero-order chi connectivity index (χ0) is 14.7. The summed E-state index contributed by atoms with van der Waals surface area (Å²) in [6, 6.07) is 3.83. The van der Waals surface area contributed by atoms with E-state index in [1.807, 2.05) is 0 Å². The molecule has 0 saturated carbocycles. The van der Waals surface area contributed by atoms with Crippen LogP contribution in [-0.4, -0.2) is 21.9 Å². The number of nitro groups is 1. The fourth-order valence-corrected chi connectivity index (χ4v) is 1.61. The first-order valence-electron chi connectivity index (χ1n) is 5.42. The van der Waals surface area contributed by atoms with Gasteiger partial charge in [0.1, 0.15) is 12.0 Å². The maximum Gasteiger partial charge on any atom is 0.329 e. The molecule has 0 unspecified atom stereocenters. The lowest BCUT2D eigenvalue weighted by molar-refractivity contribution is -0.384. The van der Waals surface area contributed by atoms with E-state index >= 15 is 0 Å². The van der Waals surface area contributed by atoms with Gasteiger partial charge in [-0.3, -0.25) is 10.1 Å². The summed E-state index contributed by atoms with van der Waals surface area (Å²) in [5.41, 5.74) is -0.385. The first-order valence-corrected chi connectivity index (χ1v) is 5.80. The lowest BCUT2D eigenvalue weighted by Crippen LogP contribution is -2.05. The van der Waals surface area contributed by atoms with Crippen LogP contribution in [0.3, 0.4) is 0 Å². The van der Waals surface area contributed by atoms with Crippen LogP contribution in [0.5, 0.6) is 0 Å². The molecule has 0 aliphatic carbocycles. The van der Waals surface area contributed by atoms with Crippen molar-refractivity contribution in [1.29, 1.82) is 0 Å². The van der Waals surface area contributed by atoms with Crippen LogP contribution >= 0.6 is 11.6 Å². The quantitative estimate of drug-likeness (QED) is 0.665. The summed E-state index contributed by atoms with van der Waals surface area (Å²) in [5, 5.41) is 16.4. The molecule has 0 spiro atoms. The van der Waals surface area contributed by atoms with E-state index < -0.39 is 10.7 Å². The van der Waals surface area contributed by atoms with Crippen LogP contribution in [0.1, 0.15) is 0 Å². The molecule has 1 aromatic carbocycles. The normalized spacial score (nSPS) is 10.2. The summed E-state index contributed by atoms with van der Waals surface area (Å²) in [7, 11) is 1.56. The number of benzene rings is 1. The highest BCUT2D eigenvalue weighted by Gasteiger charge is 2.18. The Morgan fingerprint density at radius 2 is 2.20 bits per heavy atom. The Hall–Kier alpha value is -2.48. The van der Waals surface area contributed by atoms with Crippen LogP contribution in [0.25, 0.3) is 0 Å². The number of hydrogen-bond acceptors (Lipinski definition) is 6. The molecule has 104 valence electrons. The standard InChI is InChI=1S/C11H9ClFN5O2/c1-14-11-15-5-9(18(19)20)10(17-11)16-8-4-6(12)2-3-7(8)13/h2-5H,1H3,(H2,14,15,16,17). The zero-order valence-corrected chi connectivity index (χ0v) is 11.0. The fraction of sp³-hybridized carbons (Fsp3) is 0.0909. The predicted molar refractivity (Wildman–Crippen MR) is 72.9 cm³/mol. The molecule has 2 aromatic rings. The van der Waals surface area contributed by atoms with E-state index in [1.54, 1.807) is 7.05 Å². The molecule has 0 atom stereocenters. The van der Waals surface area contributed by atoms with E-state index in [0.717, 1.165) is 12.3 Å². The third-order valence-corrected chi connectivity index (χ3v) is 2.61. The number of aromatic nitrogens is 2. The predicted octanol–water partition coefficient (Wildman–Crippen LogP) is 2.96. The minimum atomic E-state index is -0.662. The van der Waals surface area contributed by atoms with Crippen molar-refractivity contribution in [2.45, 2.75) is 0 Å². The van der Waals surface area contributed by atoms with Crippen molar-refractivity contribution < 1.29 is 9.31 Å². The van der Waals surface area contributed by atoms with E-state index in [4.69, 9.17) is 11.6 Å². The number of hydrogen-bond donors (Lipinski definition) is 2. The number of anilines is 3. The summed E-state index contributed by atoms with van der Waals surface area (Å²) < 4.78 is 13.6. The molecule has 0 saturated heterocycles. The zero-order valence-electron chi connectivity index (χ0n) is 10.2. The van der Waals surface area contributed by atoms with Gasteiger partial charge in [-0.25, -0.2) is 9.37 Å². The highest BCUT2D eigenvalue weighted by Crippen LogP contribution is 2.28. The average Bonchev–Trinajstić information content (AvgIpc) is 2.42. The van der Waals surface area contributed by atoms with Gasteiger partial charge in [0.2, 0.25) is 11.8 Å². The lowest BCUT2D eigenvalue weighted by Gasteiger charge is -2.08. The van der Waals surface area contributed by atoms with Gasteiger partial charge in [0.05, 0.1) is 10.6 Å². The summed E-state index contributed by atoms with van der Waals surface area (Å²) in [5.74, 6) is -0.565. The molecule has 0 amide bonds. The Balaban J connectivity index is 2.45. The highest BCUT2D eigenvalue weighted by atomic mass is 35.5. The van der Waals surface area contributed by atoms with Gasteiger partial charge >= 0.3 is 5.69 Å². The summed E-state index contributed by atoms with van der Waals surface area (Å²) >= 11 is 5.76. The molecule has 9 heteroatoms. The molecule has 7 nitrogen and oxygen atoms in total. The van der Waals surface area contributed by atoms with Crippen molar-refractivity contribution >= 4 is 34.7 Å². The van der Waals surface area contributed by atoms with Gasteiger partial charge in [-0.15, -0.1) is 0 Å². The van der Waals surface area contributed by atoms with Gasteiger partial charge in [0, 0.05) is 12.1 Å². The molecular weight excluding hydrogens is 289 g/mol. The van der Waals surface area contributed by atoms with Crippen molar-refractivity contribution in [3.63, 3.8) is 0 Å². The van der Waals surface area contributed by atoms with E-state index in [9.17, 15) is 14.5 Å². The SMILES string of the molecule is CNc1ncc([N+](=O)[O-])c(Nc2cc(Cl)ccc2F)n1. The second kappa shape index (κ2) is 5.66. The van der Waals surface area contributed by atoms with E-state index in [0.29, 0.717) is 5.02 Å². The smallest absolute Gasteiger partial charge is 0.329 e. The Bertz CT molecular complexity index is 667. The molecule has 0 aliphatic heterocycles. The van der Waals surface area contributed by atoms with Gasteiger partial charge in [-0.1, -0.05) is 11.6 Å². The lowest BCUT2D eigenvalue weighted by atomic mass is 10.3. The van der Waals surface area contributed by atoms with Crippen LogP contribution < -0.4 is 10.6 Å². The minimum Gasteiger partial charge on any atom is -0.357 e. The molecule has 2 rings (SSSR count). The van der Waals surface area contributed by atoms with Crippen molar-refractivity contribution in [2.24, 2.45) is 0 Å². The molecule has 1 aromatic heterocycles. The van der Waals surface area contributed by atoms with E-state index in [1.165, 1.54) is 12.1 Å². The third-order valence-electron chi connectivity index (χ3n) is 2.37. The van der Waals surface area contributed by atoms with Gasteiger partial charge in [-0.2, -0.15) is 4.98 Å². The largest absolute Gasteiger partial charge is 0.357 e. The third kappa shape index (κ3) is 2.91. The highest BCUT2D eigenvalue weighted by molar-refractivity contribution is 6.30. The van der Waals surface area contributed by atoms with Crippen LogP contribution in [0.15, 0.2) is 24.4 Å². The van der Waals surface area contributed by atoms with Gasteiger partial charge in [-0.05, 0) is 18.2 Å². The van der Waals surface area contributed by atoms with Crippen molar-refractivity contribution in [3.05, 3.63) is 45.4 Å². The van der Waals surface area contributed by atoms with Crippen molar-refractivity contribution in [1.82, 2.24) is 9.97 Å². The Morgan fingerprint density at radius 1 is 1.45 bits per heavy atom. The average molecular weight is 298 g/mol. The number of rotatable bonds is 4. The Kier molecular flexibility index (Phi) is 3.94. The Morgan fingerprint density at radius 3 is 2.85 bits per heavy atom. The van der Waals surface area contributed by atoms with Crippen LogP contribution in [0.4, 0.5) is 27.5 Å². The maximum atomic E-state index is 13.6. The summed E-state index contributed by atoms with van der Waals surface area (Å²) in [6.07, 6.45) is 1.03. The van der Waals surface area contributed by atoms with Gasteiger partial charge in [0.15, 0.2) is 0 Å². The van der Waals surface area contributed by atoms with Crippen LogP contribution in [-0.2, 0) is 0 Å². The second-order valence-corrected chi connectivity index (χ2v) is 4.12. The molecule has 0 fully saturated rings.